The maximum absolute atomic E-state index is 4.23. The second-order valence-electron chi connectivity index (χ2n) is 13.4. The number of hydrogen-bond acceptors (Lipinski definition) is 0. The lowest BCUT2D eigenvalue weighted by Crippen LogP contribution is -2.30. The van der Waals surface area contributed by atoms with E-state index >= 15 is 0 Å². The average molecular weight is 586 g/mol. The van der Waals surface area contributed by atoms with E-state index in [1.54, 1.807) is 0 Å². The van der Waals surface area contributed by atoms with E-state index in [4.69, 9.17) is 0 Å². The van der Waals surface area contributed by atoms with Crippen LogP contribution in [-0.2, 0) is 5.41 Å². The molecule has 1 nitrogen and oxygen atoms in total. The summed E-state index contributed by atoms with van der Waals surface area (Å²) in [4.78, 5) is 0. The van der Waals surface area contributed by atoms with E-state index in [0.717, 1.165) is 0 Å². The fourth-order valence-corrected chi connectivity index (χ4v) is 7.72. The number of unbranched alkanes of at least 4 members (excludes halogenated alkanes) is 1. The largest absolute Gasteiger partial charge is 0.309 e. The van der Waals surface area contributed by atoms with E-state index in [1.165, 1.54) is 96.2 Å². The number of hydrogen-bond donors (Lipinski definition) is 0. The molecule has 1 aromatic heterocycles. The summed E-state index contributed by atoms with van der Waals surface area (Å²) in [6.07, 6.45) is 5.72. The van der Waals surface area contributed by atoms with Crippen LogP contribution in [0.25, 0.3) is 49.8 Å². The summed E-state index contributed by atoms with van der Waals surface area (Å²) in [6.45, 7) is 15.9. The van der Waals surface area contributed by atoms with Crippen LogP contribution in [0.5, 0.6) is 0 Å². The number of allylic oxidation sites excluding steroid dienone is 1. The predicted molar refractivity (Wildman–Crippen MR) is 195 cm³/mol. The van der Waals surface area contributed by atoms with Crippen molar-refractivity contribution in [1.82, 2.24) is 4.57 Å². The summed E-state index contributed by atoms with van der Waals surface area (Å²) in [7, 11) is 0. The fourth-order valence-electron chi connectivity index (χ4n) is 7.72. The number of benzene rings is 5. The summed E-state index contributed by atoms with van der Waals surface area (Å²) in [5.41, 5.74) is 12.9. The molecule has 45 heavy (non-hydrogen) atoms. The van der Waals surface area contributed by atoms with Gasteiger partial charge in [-0.15, -0.1) is 0 Å². The van der Waals surface area contributed by atoms with Gasteiger partial charge in [-0.3, -0.25) is 0 Å². The van der Waals surface area contributed by atoms with Gasteiger partial charge in [0.2, 0.25) is 0 Å². The number of fused-ring (bicyclic) bond motifs is 5. The average Bonchev–Trinajstić information content (AvgIpc) is 3.41. The molecular weight excluding hydrogens is 542 g/mol. The lowest BCUT2D eigenvalue weighted by atomic mass is 9.74. The standard InChI is InChI=1S/C44H43N/c1-7-9-16-29(3)34(8-2)36-20-11-10-19-35(36)30(4)31-17-14-18-32(27-31)33-25-26-42-40(28-33)44(5,6)39-23-15-22-38-37-21-12-13-24-41(37)45(42)43(38)39/h8,10-15,17-29H,2,7,9,16H2,1,3-6H3/b35-30+,36-34+. The molecule has 0 aliphatic carbocycles. The van der Waals surface area contributed by atoms with Crippen LogP contribution in [0.4, 0.5) is 0 Å². The first kappa shape index (κ1) is 29.1. The van der Waals surface area contributed by atoms with Crippen molar-refractivity contribution in [2.75, 3.05) is 0 Å². The Labute approximate surface area is 267 Å². The molecule has 0 amide bonds. The topological polar surface area (TPSA) is 4.93 Å². The predicted octanol–water partition coefficient (Wildman–Crippen LogP) is 10.5. The summed E-state index contributed by atoms with van der Waals surface area (Å²) >= 11 is 0. The molecule has 5 aromatic carbocycles. The Morgan fingerprint density at radius 1 is 0.778 bits per heavy atom. The van der Waals surface area contributed by atoms with Crippen molar-refractivity contribution < 1.29 is 0 Å². The van der Waals surface area contributed by atoms with Gasteiger partial charge < -0.3 is 4.57 Å². The Morgan fingerprint density at radius 2 is 1.49 bits per heavy atom. The molecule has 1 heteroatoms. The Balaban J connectivity index is 1.38. The van der Waals surface area contributed by atoms with Crippen LogP contribution in [0, 0.1) is 5.92 Å². The minimum absolute atomic E-state index is 0.126. The Bertz CT molecular complexity index is 2220. The van der Waals surface area contributed by atoms with Gasteiger partial charge >= 0.3 is 0 Å². The number of rotatable bonds is 7. The third-order valence-electron chi connectivity index (χ3n) is 10.3. The van der Waals surface area contributed by atoms with E-state index in [2.05, 4.69) is 161 Å². The minimum atomic E-state index is -0.126. The molecule has 6 aromatic rings. The Morgan fingerprint density at radius 3 is 2.29 bits per heavy atom. The molecule has 1 aliphatic heterocycles. The zero-order valence-electron chi connectivity index (χ0n) is 27.3. The molecule has 1 atom stereocenters. The molecule has 0 spiro atoms. The van der Waals surface area contributed by atoms with Crippen LogP contribution in [0.1, 0.15) is 70.6 Å². The zero-order valence-corrected chi connectivity index (χ0v) is 27.3. The van der Waals surface area contributed by atoms with Gasteiger partial charge in [-0.25, -0.2) is 0 Å². The highest BCUT2D eigenvalue weighted by atomic mass is 15.0. The zero-order chi connectivity index (χ0) is 31.3. The van der Waals surface area contributed by atoms with Gasteiger partial charge in [0.05, 0.1) is 16.7 Å². The quantitative estimate of drug-likeness (QED) is 0.176. The normalized spacial score (nSPS) is 15.5. The summed E-state index contributed by atoms with van der Waals surface area (Å²) < 4.78 is 2.49. The van der Waals surface area contributed by atoms with Gasteiger partial charge in [0.25, 0.3) is 0 Å². The van der Waals surface area contributed by atoms with Gasteiger partial charge in [0.15, 0.2) is 0 Å². The lowest BCUT2D eigenvalue weighted by molar-refractivity contribution is 0.611. The first-order valence-electron chi connectivity index (χ1n) is 16.6. The summed E-state index contributed by atoms with van der Waals surface area (Å²) in [6, 6.07) is 40.7. The SMILES string of the molecule is C=C/C(=c1/cccc/c1=C(/C)c1cccc(-c2ccc3c(c2)C(C)(C)c2cccc4c5ccccc5n-3c24)c1)C(C)CCCC. The lowest BCUT2D eigenvalue weighted by Gasteiger charge is -2.35. The molecular formula is C44H43N. The van der Waals surface area contributed by atoms with Gasteiger partial charge in [-0.05, 0) is 92.9 Å². The van der Waals surface area contributed by atoms with E-state index in [0.29, 0.717) is 5.92 Å². The van der Waals surface area contributed by atoms with Crippen molar-refractivity contribution >= 4 is 33.0 Å². The molecule has 0 N–H and O–H groups in total. The van der Waals surface area contributed by atoms with Crippen molar-refractivity contribution in [3.63, 3.8) is 0 Å². The maximum Gasteiger partial charge on any atom is 0.0582 e. The first-order valence-corrected chi connectivity index (χ1v) is 16.6. The van der Waals surface area contributed by atoms with Crippen molar-refractivity contribution in [2.24, 2.45) is 5.92 Å². The number of para-hydroxylation sites is 2. The van der Waals surface area contributed by atoms with Crippen molar-refractivity contribution in [1.29, 1.82) is 0 Å². The van der Waals surface area contributed by atoms with Gasteiger partial charge in [0.1, 0.15) is 0 Å². The molecule has 1 aliphatic rings. The molecule has 0 radical (unpaired) electrons. The Hall–Kier alpha value is -4.62. The maximum atomic E-state index is 4.23. The van der Waals surface area contributed by atoms with Crippen molar-refractivity contribution in [2.45, 2.75) is 59.3 Å². The summed E-state index contributed by atoms with van der Waals surface area (Å²) in [5, 5.41) is 5.25. The van der Waals surface area contributed by atoms with Crippen LogP contribution in [0.15, 0.2) is 122 Å². The highest BCUT2D eigenvalue weighted by Gasteiger charge is 2.35. The summed E-state index contributed by atoms with van der Waals surface area (Å²) in [5.74, 6) is 0.477. The van der Waals surface area contributed by atoms with E-state index in [-0.39, 0.29) is 5.41 Å². The number of aromatic nitrogens is 1. The number of nitrogens with zero attached hydrogens (tertiary/aromatic N) is 1. The Kier molecular flexibility index (Phi) is 7.37. The molecule has 2 heterocycles. The second kappa shape index (κ2) is 11.4. The van der Waals surface area contributed by atoms with Gasteiger partial charge in [0, 0.05) is 16.2 Å². The van der Waals surface area contributed by atoms with Gasteiger partial charge in [-0.2, -0.15) is 0 Å². The molecule has 224 valence electrons. The molecule has 0 fully saturated rings. The van der Waals surface area contributed by atoms with Crippen LogP contribution in [-0.4, -0.2) is 4.57 Å². The van der Waals surface area contributed by atoms with Gasteiger partial charge in [-0.1, -0.05) is 138 Å². The van der Waals surface area contributed by atoms with E-state index < -0.39 is 0 Å². The molecule has 0 saturated heterocycles. The third-order valence-corrected chi connectivity index (χ3v) is 10.3. The van der Waals surface area contributed by atoms with Crippen LogP contribution in [0.2, 0.25) is 0 Å². The molecule has 7 rings (SSSR count). The van der Waals surface area contributed by atoms with E-state index in [1.807, 2.05) is 0 Å². The fraction of sp³-hybridized carbons (Fsp3) is 0.227. The third kappa shape index (κ3) is 4.68. The van der Waals surface area contributed by atoms with Crippen molar-refractivity contribution in [3.05, 3.63) is 149 Å². The monoisotopic (exact) mass is 585 g/mol. The van der Waals surface area contributed by atoms with E-state index in [9.17, 15) is 0 Å². The minimum Gasteiger partial charge on any atom is -0.309 e. The molecule has 0 saturated carbocycles. The van der Waals surface area contributed by atoms with Crippen LogP contribution >= 0.6 is 0 Å². The van der Waals surface area contributed by atoms with Crippen LogP contribution in [0.3, 0.4) is 0 Å². The molecule has 0 bridgehead atoms. The van der Waals surface area contributed by atoms with Crippen molar-refractivity contribution in [3.8, 4) is 16.8 Å². The first-order chi connectivity index (χ1) is 21.8. The highest BCUT2D eigenvalue weighted by molar-refractivity contribution is 6.11. The second-order valence-corrected chi connectivity index (χ2v) is 13.4. The smallest absolute Gasteiger partial charge is 0.0582 e. The van der Waals surface area contributed by atoms with Crippen LogP contribution < -0.4 is 10.4 Å². The highest BCUT2D eigenvalue weighted by Crippen LogP contribution is 2.48. The molecule has 1 unspecified atom stereocenters.